The molecule has 3 heterocycles. The molecule has 1 amide bonds. The molecule has 35 heavy (non-hydrogen) atoms. The molecular formula is C23H30F4N6O2. The molecule has 1 fully saturated rings. The lowest BCUT2D eigenvalue weighted by atomic mass is 9.83. The van der Waals surface area contributed by atoms with Gasteiger partial charge in [-0.25, -0.2) is 9.38 Å². The maximum absolute atomic E-state index is 15.0. The van der Waals surface area contributed by atoms with Crippen LogP contribution in [0.5, 0.6) is 0 Å². The van der Waals surface area contributed by atoms with Gasteiger partial charge in [-0.1, -0.05) is 6.08 Å². The summed E-state index contributed by atoms with van der Waals surface area (Å²) in [5.74, 6) is -2.31. The summed E-state index contributed by atoms with van der Waals surface area (Å²) in [6, 6.07) is 0.122. The third kappa shape index (κ3) is 5.68. The lowest BCUT2D eigenvalue weighted by Gasteiger charge is -2.31. The number of aliphatic imine (C=N–C) groups is 1. The van der Waals surface area contributed by atoms with Gasteiger partial charge in [0.15, 0.2) is 0 Å². The average Bonchev–Trinajstić information content (AvgIpc) is 3.44. The molecule has 4 aliphatic rings. The molecule has 0 bridgehead atoms. The van der Waals surface area contributed by atoms with E-state index in [0.717, 1.165) is 12.1 Å². The zero-order valence-corrected chi connectivity index (χ0v) is 19.7. The Bertz CT molecular complexity index is 1010. The van der Waals surface area contributed by atoms with Crippen molar-refractivity contribution in [1.82, 2.24) is 15.2 Å². The van der Waals surface area contributed by atoms with Crippen molar-refractivity contribution in [3.8, 4) is 0 Å². The minimum absolute atomic E-state index is 0.0217. The van der Waals surface area contributed by atoms with E-state index in [1.165, 1.54) is 25.1 Å². The van der Waals surface area contributed by atoms with Gasteiger partial charge in [-0.2, -0.15) is 18.3 Å². The Kier molecular flexibility index (Phi) is 7.20. The largest absolute Gasteiger partial charge is 0.431 e. The van der Waals surface area contributed by atoms with Crippen molar-refractivity contribution in [2.45, 2.75) is 38.4 Å². The summed E-state index contributed by atoms with van der Waals surface area (Å²) in [6.45, 7) is 3.52. The normalized spacial score (nSPS) is 28.2. The topological polar surface area (TPSA) is 95.5 Å². The number of amidine groups is 1. The molecule has 0 saturated carbocycles. The molecule has 3 unspecified atom stereocenters. The molecule has 0 radical (unpaired) electrons. The van der Waals surface area contributed by atoms with Gasteiger partial charge < -0.3 is 20.7 Å². The Labute approximate surface area is 201 Å². The smallest absolute Gasteiger partial charge is 0.383 e. The van der Waals surface area contributed by atoms with Gasteiger partial charge in [-0.15, -0.1) is 0 Å². The summed E-state index contributed by atoms with van der Waals surface area (Å²) in [4.78, 5) is 17.9. The number of carbonyl (C=O) groups excluding carboxylic acids is 1. The molecule has 0 aromatic rings. The summed E-state index contributed by atoms with van der Waals surface area (Å²) >= 11 is 0. The highest BCUT2D eigenvalue weighted by Gasteiger charge is 2.47. The van der Waals surface area contributed by atoms with E-state index in [1.54, 1.807) is 11.0 Å². The maximum Gasteiger partial charge on any atom is 0.431 e. The minimum Gasteiger partial charge on any atom is -0.383 e. The first-order valence-electron chi connectivity index (χ1n) is 11.6. The second-order valence-corrected chi connectivity index (χ2v) is 9.30. The lowest BCUT2D eigenvalue weighted by molar-refractivity contribution is -0.128. The molecule has 0 aromatic carbocycles. The Hall–Kier alpha value is -2.89. The van der Waals surface area contributed by atoms with Crippen LogP contribution < -0.4 is 11.1 Å². The standard InChI is InChI=1S/C23H30F4N6O2/c1-13(34)33-7-5-19(29-15-6-8-35-12-15)17(11-33)22(28)30-20-4-3-14(9-18(20)24)16-10-32(2)31-21(16)23(25,26)27/h3-4,14-16,29H,5-12H2,1-2H3,(H2,28,30). The average molecular weight is 499 g/mol. The van der Waals surface area contributed by atoms with Crippen molar-refractivity contribution in [2.24, 2.45) is 27.7 Å². The molecule has 0 aromatic heterocycles. The summed E-state index contributed by atoms with van der Waals surface area (Å²) in [6.07, 6.45) is -0.474. The van der Waals surface area contributed by atoms with E-state index >= 15 is 4.39 Å². The van der Waals surface area contributed by atoms with E-state index in [0.29, 0.717) is 31.8 Å². The molecule has 3 aliphatic heterocycles. The van der Waals surface area contributed by atoms with Crippen molar-refractivity contribution in [3.63, 3.8) is 0 Å². The molecule has 12 heteroatoms. The third-order valence-corrected chi connectivity index (χ3v) is 6.74. The molecule has 8 nitrogen and oxygen atoms in total. The molecule has 0 spiro atoms. The van der Waals surface area contributed by atoms with E-state index in [4.69, 9.17) is 10.5 Å². The Morgan fingerprint density at radius 3 is 2.77 bits per heavy atom. The van der Waals surface area contributed by atoms with Crippen LogP contribution in [0.15, 0.2) is 45.0 Å². The van der Waals surface area contributed by atoms with Crippen molar-refractivity contribution >= 4 is 17.5 Å². The monoisotopic (exact) mass is 498 g/mol. The fourth-order valence-electron chi connectivity index (χ4n) is 4.85. The molecule has 4 rings (SSSR count). The number of carbonyl (C=O) groups is 1. The van der Waals surface area contributed by atoms with Gasteiger partial charge in [-0.05, 0) is 18.4 Å². The fraction of sp³-hybridized carbons (Fsp3) is 0.609. The molecular weight excluding hydrogens is 468 g/mol. The van der Waals surface area contributed by atoms with Crippen molar-refractivity contribution in [2.75, 3.05) is 39.9 Å². The maximum atomic E-state index is 15.0. The van der Waals surface area contributed by atoms with Gasteiger partial charge in [0.1, 0.15) is 17.4 Å². The zero-order valence-electron chi connectivity index (χ0n) is 19.7. The number of halogens is 4. The quantitative estimate of drug-likeness (QED) is 0.345. The zero-order chi connectivity index (χ0) is 25.3. The summed E-state index contributed by atoms with van der Waals surface area (Å²) in [5, 5.41) is 8.25. The first-order chi connectivity index (χ1) is 16.5. The van der Waals surface area contributed by atoms with Gasteiger partial charge in [-0.3, -0.25) is 9.80 Å². The number of nitrogens with zero attached hydrogens (tertiary/aromatic N) is 4. The number of hydrogen-bond donors (Lipinski definition) is 2. The van der Waals surface area contributed by atoms with Crippen LogP contribution in [0.2, 0.25) is 0 Å². The van der Waals surface area contributed by atoms with Gasteiger partial charge in [0.05, 0.1) is 24.9 Å². The minimum atomic E-state index is -4.57. The Balaban J connectivity index is 1.54. The first-order valence-corrected chi connectivity index (χ1v) is 11.6. The van der Waals surface area contributed by atoms with Crippen LogP contribution in [0.3, 0.4) is 0 Å². The van der Waals surface area contributed by atoms with Gasteiger partial charge >= 0.3 is 6.18 Å². The highest BCUT2D eigenvalue weighted by molar-refractivity contribution is 5.99. The Morgan fingerprint density at radius 2 is 2.14 bits per heavy atom. The second kappa shape index (κ2) is 10.00. The number of allylic oxidation sites excluding steroid dienone is 3. The molecule has 3 atom stereocenters. The molecule has 3 N–H and O–H groups in total. The van der Waals surface area contributed by atoms with Gasteiger partial charge in [0.25, 0.3) is 0 Å². The van der Waals surface area contributed by atoms with E-state index < -0.39 is 29.6 Å². The number of ether oxygens (including phenoxy) is 1. The molecule has 1 aliphatic carbocycles. The summed E-state index contributed by atoms with van der Waals surface area (Å²) < 4.78 is 60.6. The SMILES string of the molecule is CC(=O)N1CCC(NC2CCOC2)=C(C(N)=NC2=C(F)CC(C3CN(C)N=C3C(F)(F)F)C=C2)C1. The predicted molar refractivity (Wildman–Crippen MR) is 123 cm³/mol. The van der Waals surface area contributed by atoms with Crippen LogP contribution in [0.4, 0.5) is 17.6 Å². The van der Waals surface area contributed by atoms with Crippen LogP contribution in [0.1, 0.15) is 26.2 Å². The van der Waals surface area contributed by atoms with E-state index in [2.05, 4.69) is 15.4 Å². The number of hydrazone groups is 1. The van der Waals surface area contributed by atoms with Crippen LogP contribution in [-0.2, 0) is 9.53 Å². The number of alkyl halides is 3. The summed E-state index contributed by atoms with van der Waals surface area (Å²) in [7, 11) is 1.46. The Morgan fingerprint density at radius 1 is 1.37 bits per heavy atom. The lowest BCUT2D eigenvalue weighted by Crippen LogP contribution is -2.43. The third-order valence-electron chi connectivity index (χ3n) is 6.74. The highest BCUT2D eigenvalue weighted by Crippen LogP contribution is 2.38. The van der Waals surface area contributed by atoms with Gasteiger partial charge in [0, 0.05) is 63.7 Å². The molecule has 192 valence electrons. The van der Waals surface area contributed by atoms with Crippen LogP contribution in [0.25, 0.3) is 0 Å². The van der Waals surface area contributed by atoms with E-state index in [9.17, 15) is 18.0 Å². The number of amides is 1. The van der Waals surface area contributed by atoms with Crippen molar-refractivity contribution in [3.05, 3.63) is 34.9 Å². The van der Waals surface area contributed by atoms with Crippen molar-refractivity contribution in [1.29, 1.82) is 0 Å². The van der Waals surface area contributed by atoms with Crippen LogP contribution in [0, 0.1) is 11.8 Å². The first kappa shape index (κ1) is 25.2. The highest BCUT2D eigenvalue weighted by atomic mass is 19.4. The fourth-order valence-corrected chi connectivity index (χ4v) is 4.85. The number of rotatable bonds is 5. The van der Waals surface area contributed by atoms with E-state index in [1.807, 2.05) is 0 Å². The van der Waals surface area contributed by atoms with Crippen molar-refractivity contribution < 1.29 is 27.1 Å². The number of nitrogens with two attached hydrogens (primary N) is 1. The number of nitrogens with one attached hydrogen (secondary N) is 1. The van der Waals surface area contributed by atoms with E-state index in [-0.39, 0.29) is 43.0 Å². The second-order valence-electron chi connectivity index (χ2n) is 9.30. The van der Waals surface area contributed by atoms with Crippen LogP contribution in [-0.4, -0.2) is 79.5 Å². The van der Waals surface area contributed by atoms with Crippen LogP contribution >= 0.6 is 0 Å². The number of hydrogen-bond acceptors (Lipinski definition) is 6. The predicted octanol–water partition coefficient (Wildman–Crippen LogP) is 2.47. The molecule has 1 saturated heterocycles. The van der Waals surface area contributed by atoms with Gasteiger partial charge in [0.2, 0.25) is 5.91 Å². The summed E-state index contributed by atoms with van der Waals surface area (Å²) in [5.41, 5.74) is 6.84.